The summed E-state index contributed by atoms with van der Waals surface area (Å²) in [6.07, 6.45) is -0.00741. The molecule has 1 aromatic heterocycles. The maximum absolute atomic E-state index is 14.1. The standard InChI is InChI=1S/C14H13FN4O3/c1-22-13(21)7-5-10(20)19(6-7)12-11-8(15)3-2-4-9(11)17-14(16)18-12/h2-4,7H,5-6H2,1H3,(H2,16,17,18). The van der Waals surface area contributed by atoms with Crippen molar-refractivity contribution in [3.63, 3.8) is 0 Å². The summed E-state index contributed by atoms with van der Waals surface area (Å²) < 4.78 is 18.8. The van der Waals surface area contributed by atoms with E-state index in [4.69, 9.17) is 5.73 Å². The first-order chi connectivity index (χ1) is 10.5. The number of nitrogens with two attached hydrogens (primary N) is 1. The van der Waals surface area contributed by atoms with E-state index in [0.717, 1.165) is 0 Å². The second kappa shape index (κ2) is 5.21. The third-order valence-electron chi connectivity index (χ3n) is 3.59. The van der Waals surface area contributed by atoms with Crippen LogP contribution in [0.4, 0.5) is 16.2 Å². The molecule has 0 aliphatic carbocycles. The molecule has 8 heteroatoms. The lowest BCUT2D eigenvalue weighted by Gasteiger charge is -2.17. The van der Waals surface area contributed by atoms with Crippen LogP contribution in [0.5, 0.6) is 0 Å². The van der Waals surface area contributed by atoms with Crippen molar-refractivity contribution in [2.45, 2.75) is 6.42 Å². The summed E-state index contributed by atoms with van der Waals surface area (Å²) in [7, 11) is 1.26. The second-order valence-corrected chi connectivity index (χ2v) is 4.97. The van der Waals surface area contributed by atoms with Crippen molar-refractivity contribution in [1.82, 2.24) is 9.97 Å². The Morgan fingerprint density at radius 3 is 2.95 bits per heavy atom. The molecule has 1 saturated heterocycles. The number of rotatable bonds is 2. The van der Waals surface area contributed by atoms with E-state index in [1.54, 1.807) is 6.07 Å². The van der Waals surface area contributed by atoms with Crippen LogP contribution >= 0.6 is 0 Å². The first-order valence-electron chi connectivity index (χ1n) is 6.61. The van der Waals surface area contributed by atoms with E-state index in [0.29, 0.717) is 5.52 Å². The molecule has 1 fully saturated rings. The molecular formula is C14H13FN4O3. The summed E-state index contributed by atoms with van der Waals surface area (Å²) in [4.78, 5) is 33.0. The van der Waals surface area contributed by atoms with Gasteiger partial charge in [0.05, 0.1) is 23.9 Å². The highest BCUT2D eigenvalue weighted by molar-refractivity contribution is 6.05. The third kappa shape index (κ3) is 2.22. The van der Waals surface area contributed by atoms with Gasteiger partial charge in [-0.1, -0.05) is 6.07 Å². The van der Waals surface area contributed by atoms with Gasteiger partial charge in [0.25, 0.3) is 0 Å². The van der Waals surface area contributed by atoms with E-state index in [1.165, 1.54) is 24.1 Å². The monoisotopic (exact) mass is 304 g/mol. The largest absolute Gasteiger partial charge is 0.469 e. The summed E-state index contributed by atoms with van der Waals surface area (Å²) in [6, 6.07) is 4.33. The number of ether oxygens (including phenoxy) is 1. The minimum Gasteiger partial charge on any atom is -0.469 e. The van der Waals surface area contributed by atoms with E-state index in [-0.39, 0.29) is 36.0 Å². The van der Waals surface area contributed by atoms with Crippen LogP contribution in [0.3, 0.4) is 0 Å². The van der Waals surface area contributed by atoms with Gasteiger partial charge in [0.2, 0.25) is 11.9 Å². The molecule has 0 bridgehead atoms. The summed E-state index contributed by atoms with van der Waals surface area (Å²) in [6.45, 7) is 0.0748. The first-order valence-corrected chi connectivity index (χ1v) is 6.61. The molecule has 2 aromatic rings. The fourth-order valence-electron chi connectivity index (χ4n) is 2.57. The Morgan fingerprint density at radius 2 is 2.23 bits per heavy atom. The van der Waals surface area contributed by atoms with E-state index < -0.39 is 17.7 Å². The summed E-state index contributed by atoms with van der Waals surface area (Å²) in [5.74, 6) is -1.96. The van der Waals surface area contributed by atoms with Gasteiger partial charge in [-0.25, -0.2) is 9.37 Å². The summed E-state index contributed by atoms with van der Waals surface area (Å²) in [5, 5.41) is 0.107. The van der Waals surface area contributed by atoms with Gasteiger partial charge in [0.15, 0.2) is 5.82 Å². The van der Waals surface area contributed by atoms with Crippen LogP contribution in [0.1, 0.15) is 6.42 Å². The van der Waals surface area contributed by atoms with Crippen LogP contribution in [0, 0.1) is 11.7 Å². The summed E-state index contributed by atoms with van der Waals surface area (Å²) >= 11 is 0. The number of carbonyl (C=O) groups excluding carboxylic acids is 2. The molecule has 2 heterocycles. The molecule has 1 atom stereocenters. The Bertz CT molecular complexity index is 780. The fourth-order valence-corrected chi connectivity index (χ4v) is 2.57. The van der Waals surface area contributed by atoms with Crippen LogP contribution in [0.15, 0.2) is 18.2 Å². The Balaban J connectivity index is 2.10. The van der Waals surface area contributed by atoms with Crippen LogP contribution in [-0.4, -0.2) is 35.5 Å². The number of methoxy groups -OCH3 is 1. The first kappa shape index (κ1) is 14.2. The van der Waals surface area contributed by atoms with Gasteiger partial charge in [0.1, 0.15) is 5.82 Å². The number of hydrogen-bond acceptors (Lipinski definition) is 6. The number of anilines is 2. The van der Waals surface area contributed by atoms with E-state index in [9.17, 15) is 14.0 Å². The summed E-state index contributed by atoms with van der Waals surface area (Å²) in [5.41, 5.74) is 5.94. The van der Waals surface area contributed by atoms with Crippen molar-refractivity contribution in [3.8, 4) is 0 Å². The van der Waals surface area contributed by atoms with Gasteiger partial charge in [-0.05, 0) is 12.1 Å². The molecule has 0 saturated carbocycles. The Hall–Kier alpha value is -2.77. The smallest absolute Gasteiger partial charge is 0.311 e. The number of aromatic nitrogens is 2. The molecule has 1 amide bonds. The minimum absolute atomic E-state index is 0.00741. The second-order valence-electron chi connectivity index (χ2n) is 4.97. The van der Waals surface area contributed by atoms with Gasteiger partial charge >= 0.3 is 5.97 Å². The molecule has 3 rings (SSSR count). The van der Waals surface area contributed by atoms with Gasteiger partial charge in [-0.3, -0.25) is 14.5 Å². The Morgan fingerprint density at radius 1 is 1.45 bits per heavy atom. The molecule has 0 spiro atoms. The number of nitrogen functional groups attached to an aromatic ring is 1. The number of benzene rings is 1. The van der Waals surface area contributed by atoms with Crippen LogP contribution < -0.4 is 10.6 Å². The quantitative estimate of drug-likeness (QED) is 0.827. The number of nitrogens with zero attached hydrogens (tertiary/aromatic N) is 3. The fraction of sp³-hybridized carbons (Fsp3) is 0.286. The normalized spacial score (nSPS) is 18.0. The van der Waals surface area contributed by atoms with Crippen molar-refractivity contribution < 1.29 is 18.7 Å². The minimum atomic E-state index is -0.601. The van der Waals surface area contributed by atoms with Crippen molar-refractivity contribution in [2.24, 2.45) is 5.92 Å². The van der Waals surface area contributed by atoms with Crippen molar-refractivity contribution in [3.05, 3.63) is 24.0 Å². The highest BCUT2D eigenvalue weighted by atomic mass is 19.1. The van der Waals surface area contributed by atoms with Gasteiger partial charge in [-0.15, -0.1) is 0 Å². The number of amides is 1. The van der Waals surface area contributed by atoms with Crippen molar-refractivity contribution >= 4 is 34.5 Å². The molecule has 1 aliphatic heterocycles. The number of halogens is 1. The Labute approximate surface area is 124 Å². The maximum Gasteiger partial charge on any atom is 0.311 e. The van der Waals surface area contributed by atoms with Crippen LogP contribution in [-0.2, 0) is 14.3 Å². The molecule has 1 unspecified atom stereocenters. The number of esters is 1. The van der Waals surface area contributed by atoms with Crippen LogP contribution in [0.2, 0.25) is 0 Å². The maximum atomic E-state index is 14.1. The van der Waals surface area contributed by atoms with E-state index in [1.807, 2.05) is 0 Å². The van der Waals surface area contributed by atoms with Gasteiger partial charge in [0, 0.05) is 13.0 Å². The van der Waals surface area contributed by atoms with E-state index >= 15 is 0 Å². The third-order valence-corrected chi connectivity index (χ3v) is 3.59. The molecular weight excluding hydrogens is 291 g/mol. The molecule has 22 heavy (non-hydrogen) atoms. The molecule has 114 valence electrons. The molecule has 0 radical (unpaired) electrons. The van der Waals surface area contributed by atoms with E-state index in [2.05, 4.69) is 14.7 Å². The zero-order valence-corrected chi connectivity index (χ0v) is 11.7. The highest BCUT2D eigenvalue weighted by Crippen LogP contribution is 2.31. The van der Waals surface area contributed by atoms with Gasteiger partial charge in [-0.2, -0.15) is 4.98 Å². The average Bonchev–Trinajstić information content (AvgIpc) is 2.87. The molecule has 2 N–H and O–H groups in total. The molecule has 7 nitrogen and oxygen atoms in total. The topological polar surface area (TPSA) is 98.4 Å². The van der Waals surface area contributed by atoms with Crippen molar-refractivity contribution in [1.29, 1.82) is 0 Å². The number of carbonyl (C=O) groups is 2. The van der Waals surface area contributed by atoms with Gasteiger partial charge < -0.3 is 10.5 Å². The zero-order valence-electron chi connectivity index (χ0n) is 11.7. The molecule has 1 aliphatic rings. The lowest BCUT2D eigenvalue weighted by molar-refractivity contribution is -0.145. The highest BCUT2D eigenvalue weighted by Gasteiger charge is 2.37. The Kier molecular flexibility index (Phi) is 3.36. The number of hydrogen-bond donors (Lipinski definition) is 1. The SMILES string of the molecule is COC(=O)C1CC(=O)N(c2nc(N)nc3cccc(F)c23)C1. The lowest BCUT2D eigenvalue weighted by Crippen LogP contribution is -2.28. The predicted molar refractivity (Wildman–Crippen MR) is 76.4 cm³/mol. The average molecular weight is 304 g/mol. The van der Waals surface area contributed by atoms with Crippen molar-refractivity contribution in [2.75, 3.05) is 24.3 Å². The van der Waals surface area contributed by atoms with Crippen LogP contribution in [0.25, 0.3) is 10.9 Å². The lowest BCUT2D eigenvalue weighted by atomic mass is 10.1. The predicted octanol–water partition coefficient (Wildman–Crippen LogP) is 0.877. The molecule has 1 aromatic carbocycles. The number of fused-ring (bicyclic) bond motifs is 1. The zero-order chi connectivity index (χ0) is 15.9.